The Kier molecular flexibility index (Phi) is 8.32. The molecule has 9 heteroatoms. The van der Waals surface area contributed by atoms with E-state index >= 15 is 0 Å². The number of amides is 1. The highest BCUT2D eigenvalue weighted by Crippen LogP contribution is 2.27. The van der Waals surface area contributed by atoms with E-state index in [4.69, 9.17) is 4.74 Å². The van der Waals surface area contributed by atoms with Crippen molar-refractivity contribution in [3.8, 4) is 5.75 Å². The Hall–Kier alpha value is -3.27. The van der Waals surface area contributed by atoms with Crippen LogP contribution in [0.5, 0.6) is 5.75 Å². The van der Waals surface area contributed by atoms with Crippen LogP contribution in [0.25, 0.3) is 10.9 Å². The minimum absolute atomic E-state index is 0.00474. The summed E-state index contributed by atoms with van der Waals surface area (Å²) in [5.74, 6) is 0.748. The van der Waals surface area contributed by atoms with Gasteiger partial charge in [-0.15, -0.1) is 0 Å². The second-order valence-corrected chi connectivity index (χ2v) is 7.47. The number of aliphatic hydroxyl groups excluding tert-OH is 2. The third kappa shape index (κ3) is 6.61. The van der Waals surface area contributed by atoms with Crippen LogP contribution >= 0.6 is 0 Å². The van der Waals surface area contributed by atoms with Crippen LogP contribution in [0.4, 0.5) is 5.82 Å². The minimum atomic E-state index is -1.01. The van der Waals surface area contributed by atoms with Gasteiger partial charge in [-0.05, 0) is 30.7 Å². The summed E-state index contributed by atoms with van der Waals surface area (Å²) in [6.07, 6.45) is -0.627. The van der Waals surface area contributed by atoms with Gasteiger partial charge in [0.1, 0.15) is 24.5 Å². The summed E-state index contributed by atoms with van der Waals surface area (Å²) in [4.78, 5) is 24.6. The van der Waals surface area contributed by atoms with Crippen LogP contribution in [0, 0.1) is 0 Å². The number of hydrogen-bond donors (Lipinski definition) is 4. The van der Waals surface area contributed by atoms with Gasteiger partial charge in [0, 0.05) is 17.8 Å². The quantitative estimate of drug-likeness (QED) is 0.335. The first-order chi connectivity index (χ1) is 15.5. The zero-order chi connectivity index (χ0) is 22.9. The van der Waals surface area contributed by atoms with Crippen LogP contribution in [-0.4, -0.2) is 52.0 Å². The van der Waals surface area contributed by atoms with Gasteiger partial charge in [-0.1, -0.05) is 30.3 Å². The third-order valence-corrected chi connectivity index (χ3v) is 4.88. The number of nitrogens with one attached hydrogen (secondary N) is 2. The summed E-state index contributed by atoms with van der Waals surface area (Å²) in [6, 6.07) is 15.5. The summed E-state index contributed by atoms with van der Waals surface area (Å²) in [5, 5.41) is 24.3. The molecule has 0 saturated heterocycles. The fourth-order valence-corrected chi connectivity index (χ4v) is 3.30. The van der Waals surface area contributed by atoms with Gasteiger partial charge >= 0.3 is 0 Å². The molecule has 0 fully saturated rings. The van der Waals surface area contributed by atoms with Gasteiger partial charge in [-0.2, -0.15) is 0 Å². The zero-order valence-electron chi connectivity index (χ0n) is 18.1. The molecule has 3 atom stereocenters. The number of rotatable bonds is 11. The highest BCUT2D eigenvalue weighted by molar-refractivity contribution is 5.90. The smallest absolute Gasteiger partial charge is 0.246 e. The number of carbonyl (C=O) groups is 1. The second kappa shape index (κ2) is 11.4. The number of anilines is 1. The van der Waals surface area contributed by atoms with E-state index < -0.39 is 18.1 Å². The maximum atomic E-state index is 11.4. The van der Waals surface area contributed by atoms with E-state index in [1.54, 1.807) is 6.07 Å². The van der Waals surface area contributed by atoms with Crippen molar-refractivity contribution in [2.24, 2.45) is 0 Å². The van der Waals surface area contributed by atoms with E-state index in [0.717, 1.165) is 16.5 Å². The average molecular weight is 441 g/mol. The molecule has 0 aliphatic rings. The van der Waals surface area contributed by atoms with Crippen molar-refractivity contribution in [3.63, 3.8) is 0 Å². The third-order valence-electron chi connectivity index (χ3n) is 4.88. The normalized spacial score (nSPS) is 13.9. The van der Waals surface area contributed by atoms with Crippen LogP contribution in [0.1, 0.15) is 31.4 Å². The van der Waals surface area contributed by atoms with E-state index in [9.17, 15) is 15.0 Å². The fourth-order valence-electron chi connectivity index (χ4n) is 3.30. The number of aliphatic hydroxyl groups is 2. The molecule has 0 aliphatic carbocycles. The molecule has 9 nitrogen and oxygen atoms in total. The van der Waals surface area contributed by atoms with Gasteiger partial charge in [0.05, 0.1) is 31.3 Å². The van der Waals surface area contributed by atoms with Gasteiger partial charge < -0.3 is 20.3 Å². The molecular formula is C23H28N4O5. The molecular weight excluding hydrogens is 412 g/mol. The van der Waals surface area contributed by atoms with Crippen molar-refractivity contribution < 1.29 is 24.6 Å². The van der Waals surface area contributed by atoms with E-state index in [-0.39, 0.29) is 25.5 Å². The predicted molar refractivity (Wildman–Crippen MR) is 120 cm³/mol. The lowest BCUT2D eigenvalue weighted by Gasteiger charge is -2.18. The molecule has 1 heterocycles. The molecule has 32 heavy (non-hydrogen) atoms. The van der Waals surface area contributed by atoms with Gasteiger partial charge in [-0.3, -0.25) is 9.63 Å². The van der Waals surface area contributed by atoms with Gasteiger partial charge in [0.2, 0.25) is 5.91 Å². The highest BCUT2D eigenvalue weighted by Gasteiger charge is 2.17. The molecule has 3 unspecified atom stereocenters. The molecule has 0 spiro atoms. The lowest BCUT2D eigenvalue weighted by Crippen LogP contribution is -2.30. The SMILES string of the molecule is CONC(=O)CC(O)CC(O)COc1ccc2ncnc(NC(C)c3ccccc3)c2c1. The molecule has 3 aromatic rings. The summed E-state index contributed by atoms with van der Waals surface area (Å²) in [6.45, 7) is 2.02. The summed E-state index contributed by atoms with van der Waals surface area (Å²) >= 11 is 0. The Morgan fingerprint density at radius 3 is 2.62 bits per heavy atom. The summed E-state index contributed by atoms with van der Waals surface area (Å²) in [5.41, 5.74) is 4.02. The molecule has 0 aliphatic heterocycles. The predicted octanol–water partition coefficient (Wildman–Crippen LogP) is 2.36. The van der Waals surface area contributed by atoms with E-state index in [1.807, 2.05) is 42.5 Å². The molecule has 3 rings (SSSR count). The number of hydroxylamine groups is 1. The number of hydrogen-bond acceptors (Lipinski definition) is 8. The van der Waals surface area contributed by atoms with Crippen molar-refractivity contribution >= 4 is 22.6 Å². The Balaban J connectivity index is 1.63. The number of fused-ring (bicyclic) bond motifs is 1. The van der Waals surface area contributed by atoms with Crippen LogP contribution < -0.4 is 15.5 Å². The topological polar surface area (TPSA) is 126 Å². The highest BCUT2D eigenvalue weighted by atomic mass is 16.6. The summed E-state index contributed by atoms with van der Waals surface area (Å²) in [7, 11) is 1.31. The molecule has 1 aromatic heterocycles. The molecule has 0 radical (unpaired) electrons. The first-order valence-electron chi connectivity index (χ1n) is 10.3. The van der Waals surface area contributed by atoms with Crippen molar-refractivity contribution in [2.45, 2.75) is 38.0 Å². The fraction of sp³-hybridized carbons (Fsp3) is 0.348. The lowest BCUT2D eigenvalue weighted by molar-refractivity contribution is -0.133. The summed E-state index contributed by atoms with van der Waals surface area (Å²) < 4.78 is 5.70. The Labute approximate surface area is 186 Å². The van der Waals surface area contributed by atoms with Crippen molar-refractivity contribution in [2.75, 3.05) is 19.0 Å². The first-order valence-corrected chi connectivity index (χ1v) is 10.3. The molecule has 0 saturated carbocycles. The van der Waals surface area contributed by atoms with Crippen molar-refractivity contribution in [1.82, 2.24) is 15.4 Å². The Morgan fingerprint density at radius 2 is 1.88 bits per heavy atom. The number of nitrogens with zero attached hydrogens (tertiary/aromatic N) is 2. The second-order valence-electron chi connectivity index (χ2n) is 7.47. The number of carbonyl (C=O) groups excluding carboxylic acids is 1. The van der Waals surface area contributed by atoms with Crippen LogP contribution in [0.3, 0.4) is 0 Å². The Bertz CT molecular complexity index is 1020. The molecule has 2 aromatic carbocycles. The zero-order valence-corrected chi connectivity index (χ0v) is 18.1. The standard InChI is InChI=1S/C23H28N4O5/c1-15(16-6-4-3-5-7-16)26-23-20-12-19(8-9-21(20)24-14-25-23)32-13-18(29)10-17(28)11-22(30)27-31-2/h3-9,12,14-15,17-18,28-29H,10-11,13H2,1-2H3,(H,27,30)(H,24,25,26). The van der Waals surface area contributed by atoms with E-state index in [2.05, 4.69) is 32.5 Å². The molecule has 0 bridgehead atoms. The van der Waals surface area contributed by atoms with Gasteiger partial charge in [-0.25, -0.2) is 15.4 Å². The van der Waals surface area contributed by atoms with Crippen molar-refractivity contribution in [1.29, 1.82) is 0 Å². The first kappa shape index (κ1) is 23.4. The van der Waals surface area contributed by atoms with Crippen molar-refractivity contribution in [3.05, 3.63) is 60.4 Å². The molecule has 1 amide bonds. The number of benzene rings is 2. The largest absolute Gasteiger partial charge is 0.491 e. The van der Waals surface area contributed by atoms with Crippen LogP contribution in [0.15, 0.2) is 54.9 Å². The van der Waals surface area contributed by atoms with E-state index in [0.29, 0.717) is 11.6 Å². The van der Waals surface area contributed by atoms with Crippen LogP contribution in [-0.2, 0) is 9.63 Å². The lowest BCUT2D eigenvalue weighted by atomic mass is 10.1. The average Bonchev–Trinajstić information content (AvgIpc) is 2.78. The monoisotopic (exact) mass is 440 g/mol. The molecule has 4 N–H and O–H groups in total. The van der Waals surface area contributed by atoms with Gasteiger partial charge in [0.15, 0.2) is 0 Å². The molecule has 170 valence electrons. The number of aromatic nitrogens is 2. The van der Waals surface area contributed by atoms with E-state index in [1.165, 1.54) is 13.4 Å². The Morgan fingerprint density at radius 1 is 1.09 bits per heavy atom. The maximum Gasteiger partial charge on any atom is 0.246 e. The maximum absolute atomic E-state index is 11.4. The van der Waals surface area contributed by atoms with Gasteiger partial charge in [0.25, 0.3) is 0 Å². The van der Waals surface area contributed by atoms with Crippen LogP contribution in [0.2, 0.25) is 0 Å². The minimum Gasteiger partial charge on any atom is -0.491 e. The number of ether oxygens (including phenoxy) is 1.